The maximum atomic E-state index is 11.9. The lowest BCUT2D eigenvalue weighted by atomic mass is 9.95. The summed E-state index contributed by atoms with van der Waals surface area (Å²) in [6.45, 7) is 4.08. The van der Waals surface area contributed by atoms with Gasteiger partial charge >= 0.3 is 0 Å². The minimum absolute atomic E-state index is 0.137. The van der Waals surface area contributed by atoms with Crippen LogP contribution in [0.1, 0.15) is 58.4 Å². The second-order valence-electron chi connectivity index (χ2n) is 5.81. The Kier molecular flexibility index (Phi) is 5.90. The number of hydrogen-bond donors (Lipinski definition) is 2. The number of nitrogen functional groups attached to an aromatic ring is 1. The molecule has 0 saturated heterocycles. The van der Waals surface area contributed by atoms with Crippen LogP contribution >= 0.6 is 11.8 Å². The topological polar surface area (TPSA) is 85.8 Å². The molecule has 1 aliphatic carbocycles. The van der Waals surface area contributed by atoms with E-state index in [1.54, 1.807) is 0 Å². The molecule has 1 amide bonds. The summed E-state index contributed by atoms with van der Waals surface area (Å²) in [5, 5.41) is 11.9. The molecule has 21 heavy (non-hydrogen) atoms. The van der Waals surface area contributed by atoms with Crippen LogP contribution in [0.4, 0.5) is 5.95 Å². The lowest BCUT2D eigenvalue weighted by Crippen LogP contribution is -2.36. The summed E-state index contributed by atoms with van der Waals surface area (Å²) in [6, 6.07) is 0.602. The summed E-state index contributed by atoms with van der Waals surface area (Å²) in [6.07, 6.45) is 6.52. The predicted octanol–water partition coefficient (Wildman–Crippen LogP) is 2.37. The van der Waals surface area contributed by atoms with Gasteiger partial charge in [0.2, 0.25) is 11.9 Å². The number of amides is 1. The summed E-state index contributed by atoms with van der Waals surface area (Å²) in [7, 11) is 0. The van der Waals surface area contributed by atoms with Crippen LogP contribution in [0.2, 0.25) is 0 Å². The van der Waals surface area contributed by atoms with E-state index < -0.39 is 0 Å². The Hall–Kier alpha value is -1.24. The van der Waals surface area contributed by atoms with Gasteiger partial charge in [-0.05, 0) is 26.7 Å². The van der Waals surface area contributed by atoms with E-state index in [1.807, 2.05) is 18.4 Å². The summed E-state index contributed by atoms with van der Waals surface area (Å²) < 4.78 is 1.89. The zero-order chi connectivity index (χ0) is 15.2. The molecule has 0 unspecified atom stereocenters. The van der Waals surface area contributed by atoms with Crippen LogP contribution < -0.4 is 11.1 Å². The highest BCUT2D eigenvalue weighted by Crippen LogP contribution is 2.23. The lowest BCUT2D eigenvalue weighted by Gasteiger charge is -2.22. The van der Waals surface area contributed by atoms with Crippen molar-refractivity contribution < 1.29 is 4.79 Å². The third-order valence-corrected chi connectivity index (χ3v) is 4.68. The van der Waals surface area contributed by atoms with Crippen LogP contribution in [-0.2, 0) is 4.79 Å². The molecule has 1 aromatic rings. The molecule has 1 heterocycles. The van der Waals surface area contributed by atoms with Crippen LogP contribution in [0.15, 0.2) is 5.16 Å². The molecule has 0 aliphatic heterocycles. The van der Waals surface area contributed by atoms with Crippen molar-refractivity contribution in [2.75, 3.05) is 11.5 Å². The Morgan fingerprint density at radius 1 is 1.38 bits per heavy atom. The number of aromatic nitrogens is 3. The molecule has 2 rings (SSSR count). The van der Waals surface area contributed by atoms with Crippen molar-refractivity contribution in [2.24, 2.45) is 0 Å². The number of nitrogens with one attached hydrogen (secondary N) is 1. The van der Waals surface area contributed by atoms with E-state index in [0.717, 1.165) is 18.0 Å². The van der Waals surface area contributed by atoms with Gasteiger partial charge in [-0.15, -0.1) is 10.2 Å². The average Bonchev–Trinajstić information content (AvgIpc) is 2.81. The molecule has 3 N–H and O–H groups in total. The fourth-order valence-electron chi connectivity index (χ4n) is 2.65. The van der Waals surface area contributed by atoms with Crippen molar-refractivity contribution in [3.63, 3.8) is 0 Å². The molecule has 1 fully saturated rings. The number of carbonyl (C=O) groups excluding carboxylic acids is 1. The van der Waals surface area contributed by atoms with Gasteiger partial charge in [0, 0.05) is 24.3 Å². The van der Waals surface area contributed by atoms with Gasteiger partial charge in [-0.25, -0.2) is 0 Å². The number of rotatable bonds is 6. The molecule has 1 aromatic heterocycles. The largest absolute Gasteiger partial charge is 0.368 e. The van der Waals surface area contributed by atoms with Gasteiger partial charge < -0.3 is 11.1 Å². The first-order valence-corrected chi connectivity index (χ1v) is 8.69. The van der Waals surface area contributed by atoms with Crippen LogP contribution in [0.25, 0.3) is 0 Å². The molecule has 118 valence electrons. The maximum Gasteiger partial charge on any atom is 0.222 e. The van der Waals surface area contributed by atoms with Gasteiger partial charge in [-0.2, -0.15) is 0 Å². The molecular formula is C14H25N5OS. The third kappa shape index (κ3) is 4.62. The molecule has 0 bridgehead atoms. The molecule has 6 nitrogen and oxygen atoms in total. The lowest BCUT2D eigenvalue weighted by molar-refractivity contribution is -0.121. The van der Waals surface area contributed by atoms with Crippen molar-refractivity contribution in [1.82, 2.24) is 20.1 Å². The highest BCUT2D eigenvalue weighted by Gasteiger charge is 2.16. The predicted molar refractivity (Wildman–Crippen MR) is 85.2 cm³/mol. The van der Waals surface area contributed by atoms with Crippen molar-refractivity contribution in [2.45, 2.75) is 69.6 Å². The molecule has 1 aliphatic rings. The maximum absolute atomic E-state index is 11.9. The van der Waals surface area contributed by atoms with Gasteiger partial charge in [-0.1, -0.05) is 31.0 Å². The standard InChI is InChI=1S/C14H25N5OS/c1-10(2)19-13(15)17-18-14(19)21-9-8-12(20)16-11-6-4-3-5-7-11/h10-11H,3-9H2,1-2H3,(H2,15,17)(H,16,20). The van der Waals surface area contributed by atoms with Crippen LogP contribution in [0.5, 0.6) is 0 Å². The van der Waals surface area contributed by atoms with Crippen LogP contribution in [-0.4, -0.2) is 32.5 Å². The summed E-state index contributed by atoms with van der Waals surface area (Å²) in [5.41, 5.74) is 5.79. The highest BCUT2D eigenvalue weighted by molar-refractivity contribution is 7.99. The Labute approximate surface area is 130 Å². The highest BCUT2D eigenvalue weighted by atomic mass is 32.2. The molecule has 0 radical (unpaired) electrons. The quantitative estimate of drug-likeness (QED) is 0.788. The first kappa shape index (κ1) is 16.1. The van der Waals surface area contributed by atoms with Gasteiger partial charge in [0.25, 0.3) is 0 Å². The molecule has 1 saturated carbocycles. The van der Waals surface area contributed by atoms with Gasteiger partial charge in [0.05, 0.1) is 0 Å². The van der Waals surface area contributed by atoms with E-state index in [1.165, 1.54) is 31.0 Å². The van der Waals surface area contributed by atoms with Crippen molar-refractivity contribution >= 4 is 23.6 Å². The normalized spacial score (nSPS) is 16.3. The fraction of sp³-hybridized carbons (Fsp3) is 0.786. The number of nitrogens with two attached hydrogens (primary N) is 1. The summed E-state index contributed by atoms with van der Waals surface area (Å²) >= 11 is 1.54. The molecule has 7 heteroatoms. The first-order chi connectivity index (χ1) is 10.1. The van der Waals surface area contributed by atoms with Crippen molar-refractivity contribution in [1.29, 1.82) is 0 Å². The second kappa shape index (κ2) is 7.68. The van der Waals surface area contributed by atoms with E-state index in [4.69, 9.17) is 5.73 Å². The van der Waals surface area contributed by atoms with E-state index in [2.05, 4.69) is 15.5 Å². The van der Waals surface area contributed by atoms with Crippen molar-refractivity contribution in [3.8, 4) is 0 Å². The third-order valence-electron chi connectivity index (χ3n) is 3.74. The SMILES string of the molecule is CC(C)n1c(N)nnc1SCCC(=O)NC1CCCCC1. The second-order valence-corrected chi connectivity index (χ2v) is 6.87. The van der Waals surface area contributed by atoms with Crippen LogP contribution in [0.3, 0.4) is 0 Å². The number of thioether (sulfide) groups is 1. The van der Waals surface area contributed by atoms with E-state index in [-0.39, 0.29) is 11.9 Å². The van der Waals surface area contributed by atoms with E-state index >= 15 is 0 Å². The molecular weight excluding hydrogens is 286 g/mol. The Morgan fingerprint density at radius 2 is 2.10 bits per heavy atom. The molecule has 0 aromatic carbocycles. The Balaban J connectivity index is 1.75. The molecule has 0 atom stereocenters. The minimum Gasteiger partial charge on any atom is -0.368 e. The number of hydrogen-bond acceptors (Lipinski definition) is 5. The summed E-state index contributed by atoms with van der Waals surface area (Å²) in [4.78, 5) is 11.9. The first-order valence-electron chi connectivity index (χ1n) is 7.70. The number of anilines is 1. The Bertz CT molecular complexity index is 468. The van der Waals surface area contributed by atoms with E-state index in [9.17, 15) is 4.79 Å². The van der Waals surface area contributed by atoms with Gasteiger partial charge in [-0.3, -0.25) is 9.36 Å². The van der Waals surface area contributed by atoms with Crippen molar-refractivity contribution in [3.05, 3.63) is 0 Å². The minimum atomic E-state index is 0.137. The smallest absolute Gasteiger partial charge is 0.222 e. The zero-order valence-corrected chi connectivity index (χ0v) is 13.7. The monoisotopic (exact) mass is 311 g/mol. The Morgan fingerprint density at radius 3 is 2.76 bits per heavy atom. The van der Waals surface area contributed by atoms with E-state index in [0.29, 0.717) is 24.2 Å². The average molecular weight is 311 g/mol. The van der Waals surface area contributed by atoms with Gasteiger partial charge in [0.15, 0.2) is 5.16 Å². The number of carbonyl (C=O) groups is 1. The van der Waals surface area contributed by atoms with Gasteiger partial charge in [0.1, 0.15) is 0 Å². The van der Waals surface area contributed by atoms with Crippen LogP contribution in [0, 0.1) is 0 Å². The number of nitrogens with zero attached hydrogens (tertiary/aromatic N) is 3. The fourth-order valence-corrected chi connectivity index (χ4v) is 3.67. The zero-order valence-electron chi connectivity index (χ0n) is 12.8. The molecule has 0 spiro atoms. The summed E-state index contributed by atoms with van der Waals surface area (Å²) in [5.74, 6) is 1.26.